The summed E-state index contributed by atoms with van der Waals surface area (Å²) in [4.78, 5) is 27.3. The summed E-state index contributed by atoms with van der Waals surface area (Å²) in [6.07, 6.45) is 4.19. The lowest BCUT2D eigenvalue weighted by molar-refractivity contribution is 0.0937. The summed E-state index contributed by atoms with van der Waals surface area (Å²) in [6.45, 7) is 3.09. The molecule has 0 bridgehead atoms. The summed E-state index contributed by atoms with van der Waals surface area (Å²) >= 11 is 0. The third-order valence-corrected chi connectivity index (χ3v) is 4.84. The minimum Gasteiger partial charge on any atom is -0.350 e. The van der Waals surface area contributed by atoms with E-state index in [9.17, 15) is 9.59 Å². The van der Waals surface area contributed by atoms with Gasteiger partial charge in [0.25, 0.3) is 11.5 Å². The van der Waals surface area contributed by atoms with E-state index in [1.807, 2.05) is 30.3 Å². The van der Waals surface area contributed by atoms with Crippen LogP contribution in [0.25, 0.3) is 0 Å². The fourth-order valence-corrected chi connectivity index (χ4v) is 2.94. The first-order valence-electron chi connectivity index (χ1n) is 8.80. The number of nitrogens with zero attached hydrogens (tertiary/aromatic N) is 2. The van der Waals surface area contributed by atoms with Crippen molar-refractivity contribution in [2.75, 3.05) is 13.6 Å². The molecule has 0 radical (unpaired) electrons. The van der Waals surface area contributed by atoms with E-state index < -0.39 is 0 Å². The fourth-order valence-electron chi connectivity index (χ4n) is 2.94. The molecule has 0 spiro atoms. The average molecular weight is 339 g/mol. The summed E-state index contributed by atoms with van der Waals surface area (Å²) in [5, 5.41) is 2.90. The Labute approximate surface area is 148 Å². The minimum atomic E-state index is -0.302. The van der Waals surface area contributed by atoms with Crippen molar-refractivity contribution in [2.45, 2.75) is 38.4 Å². The lowest BCUT2D eigenvalue weighted by atomic mass is 10.2. The SMILES string of the molecule is CC(CNC(=O)c1cccn(Cc2ccccc2)c1=O)N(C)C1CC1. The quantitative estimate of drug-likeness (QED) is 0.841. The van der Waals surface area contributed by atoms with E-state index in [2.05, 4.69) is 24.2 Å². The first kappa shape index (κ1) is 17.4. The predicted molar refractivity (Wildman–Crippen MR) is 98.8 cm³/mol. The van der Waals surface area contributed by atoms with Crippen molar-refractivity contribution in [1.29, 1.82) is 0 Å². The highest BCUT2D eigenvalue weighted by molar-refractivity contribution is 5.93. The molecule has 1 aliphatic carbocycles. The number of nitrogens with one attached hydrogen (secondary N) is 1. The zero-order valence-electron chi connectivity index (χ0n) is 14.8. The molecule has 5 nitrogen and oxygen atoms in total. The molecule has 1 amide bonds. The molecule has 1 saturated carbocycles. The largest absolute Gasteiger partial charge is 0.350 e. The van der Waals surface area contributed by atoms with Crippen LogP contribution in [0.3, 0.4) is 0 Å². The second kappa shape index (κ2) is 7.66. The maximum Gasteiger partial charge on any atom is 0.263 e. The van der Waals surface area contributed by atoms with E-state index in [1.165, 1.54) is 12.8 Å². The molecule has 1 aromatic heterocycles. The number of rotatable bonds is 7. The molecular weight excluding hydrogens is 314 g/mol. The van der Waals surface area contributed by atoms with E-state index in [0.717, 1.165) is 5.56 Å². The van der Waals surface area contributed by atoms with E-state index in [0.29, 0.717) is 19.1 Å². The second-order valence-electron chi connectivity index (χ2n) is 6.80. The zero-order chi connectivity index (χ0) is 17.8. The van der Waals surface area contributed by atoms with Crippen LogP contribution in [0.5, 0.6) is 0 Å². The first-order valence-corrected chi connectivity index (χ1v) is 8.80. The number of carbonyl (C=O) groups excluding carboxylic acids is 1. The van der Waals surface area contributed by atoms with Gasteiger partial charge in [-0.1, -0.05) is 30.3 Å². The van der Waals surface area contributed by atoms with Crippen molar-refractivity contribution in [3.8, 4) is 0 Å². The maximum absolute atomic E-state index is 12.6. The first-order chi connectivity index (χ1) is 12.1. The molecule has 1 unspecified atom stereocenters. The Kier molecular flexibility index (Phi) is 5.34. The van der Waals surface area contributed by atoms with Crippen LogP contribution in [-0.2, 0) is 6.54 Å². The third kappa shape index (κ3) is 4.37. The number of carbonyl (C=O) groups is 1. The number of aromatic nitrogens is 1. The van der Waals surface area contributed by atoms with Gasteiger partial charge in [-0.25, -0.2) is 0 Å². The van der Waals surface area contributed by atoms with Gasteiger partial charge in [0, 0.05) is 24.8 Å². The third-order valence-electron chi connectivity index (χ3n) is 4.84. The van der Waals surface area contributed by atoms with Crippen molar-refractivity contribution in [2.24, 2.45) is 0 Å². The van der Waals surface area contributed by atoms with E-state index >= 15 is 0 Å². The van der Waals surface area contributed by atoms with Gasteiger partial charge in [-0.15, -0.1) is 0 Å². The standard InChI is InChI=1S/C20H25N3O2/c1-15(22(2)17-10-11-17)13-21-19(24)18-9-6-12-23(20(18)25)14-16-7-4-3-5-8-16/h3-9,12,15,17H,10-11,13-14H2,1-2H3,(H,21,24). The summed E-state index contributed by atoms with van der Waals surface area (Å²) in [5.41, 5.74) is 0.966. The van der Waals surface area contributed by atoms with Gasteiger partial charge in [0.2, 0.25) is 0 Å². The molecule has 1 aliphatic rings. The van der Waals surface area contributed by atoms with Crippen molar-refractivity contribution in [1.82, 2.24) is 14.8 Å². The predicted octanol–water partition coefficient (Wildman–Crippen LogP) is 2.11. The zero-order valence-corrected chi connectivity index (χ0v) is 14.8. The molecule has 1 N–H and O–H groups in total. The van der Waals surface area contributed by atoms with Crippen LogP contribution >= 0.6 is 0 Å². The number of pyridine rings is 1. The van der Waals surface area contributed by atoms with Gasteiger partial charge in [0.05, 0.1) is 6.54 Å². The lowest BCUT2D eigenvalue weighted by Gasteiger charge is -2.24. The highest BCUT2D eigenvalue weighted by Crippen LogP contribution is 2.26. The van der Waals surface area contributed by atoms with Gasteiger partial charge in [-0.3, -0.25) is 14.5 Å². The number of amides is 1. The monoisotopic (exact) mass is 339 g/mol. The molecule has 1 fully saturated rings. The molecule has 1 heterocycles. The Morgan fingerprint density at radius 1 is 1.24 bits per heavy atom. The number of likely N-dealkylation sites (N-methyl/N-ethyl adjacent to an activating group) is 1. The van der Waals surface area contributed by atoms with Gasteiger partial charge < -0.3 is 9.88 Å². The maximum atomic E-state index is 12.6. The Hall–Kier alpha value is -2.40. The van der Waals surface area contributed by atoms with Gasteiger partial charge in [-0.2, -0.15) is 0 Å². The average Bonchev–Trinajstić information content (AvgIpc) is 3.46. The minimum absolute atomic E-state index is 0.194. The summed E-state index contributed by atoms with van der Waals surface area (Å²) in [7, 11) is 2.09. The summed E-state index contributed by atoms with van der Waals surface area (Å²) in [6, 6.07) is 14.0. The van der Waals surface area contributed by atoms with Crippen LogP contribution < -0.4 is 10.9 Å². The van der Waals surface area contributed by atoms with Crippen LogP contribution in [0.1, 0.15) is 35.7 Å². The molecule has 1 atom stereocenters. The van der Waals surface area contributed by atoms with Crippen LogP contribution in [-0.4, -0.2) is 41.1 Å². The summed E-state index contributed by atoms with van der Waals surface area (Å²) < 4.78 is 1.57. The molecular formula is C20H25N3O2. The summed E-state index contributed by atoms with van der Waals surface area (Å²) in [5.74, 6) is -0.302. The molecule has 0 aliphatic heterocycles. The van der Waals surface area contributed by atoms with Gasteiger partial charge in [0.15, 0.2) is 0 Å². The van der Waals surface area contributed by atoms with Crippen molar-refractivity contribution in [3.05, 3.63) is 70.1 Å². The Bertz CT molecular complexity index is 781. The highest BCUT2D eigenvalue weighted by Gasteiger charge is 2.29. The molecule has 5 heteroatoms. The Morgan fingerprint density at radius 3 is 2.64 bits per heavy atom. The van der Waals surface area contributed by atoms with E-state index in [1.54, 1.807) is 22.9 Å². The Balaban J connectivity index is 1.66. The highest BCUT2D eigenvalue weighted by atomic mass is 16.2. The van der Waals surface area contributed by atoms with Gasteiger partial charge in [0.1, 0.15) is 5.56 Å². The molecule has 25 heavy (non-hydrogen) atoms. The number of hydrogen-bond donors (Lipinski definition) is 1. The second-order valence-corrected chi connectivity index (χ2v) is 6.80. The number of hydrogen-bond acceptors (Lipinski definition) is 3. The van der Waals surface area contributed by atoms with Crippen LogP contribution in [0.15, 0.2) is 53.5 Å². The molecule has 0 saturated heterocycles. The Morgan fingerprint density at radius 2 is 1.96 bits per heavy atom. The number of benzene rings is 1. The van der Waals surface area contributed by atoms with Crippen LogP contribution in [0, 0.1) is 0 Å². The normalized spacial score (nSPS) is 15.2. The molecule has 1 aromatic carbocycles. The van der Waals surface area contributed by atoms with Crippen molar-refractivity contribution >= 4 is 5.91 Å². The van der Waals surface area contributed by atoms with E-state index in [4.69, 9.17) is 0 Å². The smallest absolute Gasteiger partial charge is 0.263 e. The van der Waals surface area contributed by atoms with E-state index in [-0.39, 0.29) is 23.1 Å². The molecule has 3 rings (SSSR count). The molecule has 132 valence electrons. The fraction of sp³-hybridized carbons (Fsp3) is 0.400. The van der Waals surface area contributed by atoms with Crippen molar-refractivity contribution < 1.29 is 4.79 Å². The van der Waals surface area contributed by atoms with Gasteiger partial charge in [-0.05, 0) is 44.5 Å². The topological polar surface area (TPSA) is 54.3 Å². The van der Waals surface area contributed by atoms with Crippen LogP contribution in [0.4, 0.5) is 0 Å². The van der Waals surface area contributed by atoms with Gasteiger partial charge >= 0.3 is 0 Å². The van der Waals surface area contributed by atoms with Crippen LogP contribution in [0.2, 0.25) is 0 Å². The van der Waals surface area contributed by atoms with Crippen molar-refractivity contribution in [3.63, 3.8) is 0 Å². The lowest BCUT2D eigenvalue weighted by Crippen LogP contribution is -2.42. The molecule has 2 aromatic rings.